The standard InChI is InChI=1S/C16H18ClNO2S/c17-13-6-7-16(15(18)8-13)21-11-14(19)10-20-9-12-4-2-1-3-5-12/h1-8,14,19H,9-11,18H2. The summed E-state index contributed by atoms with van der Waals surface area (Å²) in [4.78, 5) is 0.918. The fourth-order valence-corrected chi connectivity index (χ4v) is 2.81. The van der Waals surface area contributed by atoms with Gasteiger partial charge in [0.15, 0.2) is 0 Å². The van der Waals surface area contributed by atoms with Gasteiger partial charge in [-0.1, -0.05) is 41.9 Å². The van der Waals surface area contributed by atoms with Crippen LogP contribution in [0.4, 0.5) is 5.69 Å². The molecule has 0 radical (unpaired) electrons. The van der Waals surface area contributed by atoms with E-state index in [2.05, 4.69) is 0 Å². The number of nitrogens with two attached hydrogens (primary N) is 1. The fourth-order valence-electron chi connectivity index (χ4n) is 1.77. The van der Waals surface area contributed by atoms with Crippen molar-refractivity contribution >= 4 is 29.1 Å². The molecule has 0 aliphatic heterocycles. The first-order valence-electron chi connectivity index (χ1n) is 6.62. The Labute approximate surface area is 134 Å². The van der Waals surface area contributed by atoms with Crippen LogP contribution in [0.5, 0.6) is 0 Å². The van der Waals surface area contributed by atoms with E-state index < -0.39 is 6.10 Å². The highest BCUT2D eigenvalue weighted by atomic mass is 35.5. The molecule has 5 heteroatoms. The average Bonchev–Trinajstić information content (AvgIpc) is 2.47. The molecule has 0 saturated carbocycles. The molecule has 21 heavy (non-hydrogen) atoms. The number of nitrogen functional groups attached to an aromatic ring is 1. The maximum absolute atomic E-state index is 9.92. The highest BCUT2D eigenvalue weighted by Crippen LogP contribution is 2.28. The molecule has 0 fully saturated rings. The van der Waals surface area contributed by atoms with E-state index in [1.807, 2.05) is 36.4 Å². The summed E-state index contributed by atoms with van der Waals surface area (Å²) in [6, 6.07) is 15.2. The number of hydrogen-bond acceptors (Lipinski definition) is 4. The van der Waals surface area contributed by atoms with Crippen LogP contribution < -0.4 is 5.73 Å². The summed E-state index contributed by atoms with van der Waals surface area (Å²) in [5.41, 5.74) is 7.59. The predicted molar refractivity (Wildman–Crippen MR) is 88.7 cm³/mol. The number of aliphatic hydroxyl groups is 1. The van der Waals surface area contributed by atoms with E-state index in [4.69, 9.17) is 22.1 Å². The average molecular weight is 324 g/mol. The Morgan fingerprint density at radius 3 is 2.67 bits per heavy atom. The molecule has 1 atom stereocenters. The first-order valence-corrected chi connectivity index (χ1v) is 7.99. The minimum absolute atomic E-state index is 0.301. The quantitative estimate of drug-likeness (QED) is 0.604. The Bertz CT molecular complexity index is 565. The van der Waals surface area contributed by atoms with Gasteiger partial charge in [0.1, 0.15) is 0 Å². The smallest absolute Gasteiger partial charge is 0.0867 e. The normalized spacial score (nSPS) is 12.3. The summed E-state index contributed by atoms with van der Waals surface area (Å²) >= 11 is 7.34. The second kappa shape index (κ2) is 8.29. The Morgan fingerprint density at radius 2 is 1.95 bits per heavy atom. The van der Waals surface area contributed by atoms with Crippen LogP contribution >= 0.6 is 23.4 Å². The van der Waals surface area contributed by atoms with Gasteiger partial charge in [-0.25, -0.2) is 0 Å². The molecule has 1 unspecified atom stereocenters. The summed E-state index contributed by atoms with van der Waals surface area (Å²) in [7, 11) is 0. The molecule has 0 bridgehead atoms. The van der Waals surface area contributed by atoms with Crippen LogP contribution in [0.25, 0.3) is 0 Å². The molecular formula is C16H18ClNO2S. The van der Waals surface area contributed by atoms with Gasteiger partial charge in [-0.05, 0) is 23.8 Å². The summed E-state index contributed by atoms with van der Waals surface area (Å²) < 4.78 is 5.50. The van der Waals surface area contributed by atoms with Crippen molar-refractivity contribution in [1.29, 1.82) is 0 Å². The second-order valence-corrected chi connectivity index (χ2v) is 6.15. The van der Waals surface area contributed by atoms with Crippen LogP contribution in [0, 0.1) is 0 Å². The number of anilines is 1. The zero-order chi connectivity index (χ0) is 15.1. The maximum atomic E-state index is 9.92. The highest BCUT2D eigenvalue weighted by molar-refractivity contribution is 7.99. The van der Waals surface area contributed by atoms with Crippen molar-refractivity contribution < 1.29 is 9.84 Å². The van der Waals surface area contributed by atoms with Gasteiger partial charge >= 0.3 is 0 Å². The summed E-state index contributed by atoms with van der Waals surface area (Å²) in [5.74, 6) is 0.528. The molecule has 0 saturated heterocycles. The van der Waals surface area contributed by atoms with Crippen LogP contribution in [0.2, 0.25) is 5.02 Å². The van der Waals surface area contributed by atoms with Crippen molar-refractivity contribution in [2.45, 2.75) is 17.6 Å². The fraction of sp³-hybridized carbons (Fsp3) is 0.250. The maximum Gasteiger partial charge on any atom is 0.0867 e. The van der Waals surface area contributed by atoms with E-state index in [9.17, 15) is 5.11 Å². The Hall–Kier alpha value is -1.20. The van der Waals surface area contributed by atoms with Crippen molar-refractivity contribution in [3.8, 4) is 0 Å². The first kappa shape index (κ1) is 16.2. The lowest BCUT2D eigenvalue weighted by Gasteiger charge is -2.12. The third-order valence-corrected chi connectivity index (χ3v) is 4.29. The van der Waals surface area contributed by atoms with Crippen molar-refractivity contribution in [1.82, 2.24) is 0 Å². The molecular weight excluding hydrogens is 306 g/mol. The van der Waals surface area contributed by atoms with Crippen molar-refractivity contribution in [3.05, 3.63) is 59.1 Å². The van der Waals surface area contributed by atoms with Gasteiger partial charge in [0.25, 0.3) is 0 Å². The summed E-state index contributed by atoms with van der Waals surface area (Å²) in [6.07, 6.45) is -0.534. The summed E-state index contributed by atoms with van der Waals surface area (Å²) in [5, 5.41) is 10.5. The molecule has 0 amide bonds. The number of thioether (sulfide) groups is 1. The van der Waals surface area contributed by atoms with Gasteiger partial charge in [0.2, 0.25) is 0 Å². The van der Waals surface area contributed by atoms with Gasteiger partial charge in [-0.2, -0.15) is 0 Å². The van der Waals surface area contributed by atoms with Crippen molar-refractivity contribution in [3.63, 3.8) is 0 Å². The Balaban J connectivity index is 1.71. The summed E-state index contributed by atoms with van der Waals surface area (Å²) in [6.45, 7) is 0.807. The Kier molecular flexibility index (Phi) is 6.39. The molecule has 2 rings (SSSR count). The molecule has 3 nitrogen and oxygen atoms in total. The van der Waals surface area contributed by atoms with E-state index in [1.54, 1.807) is 12.1 Å². The molecule has 0 aliphatic carbocycles. The number of halogens is 1. The van der Waals surface area contributed by atoms with E-state index in [0.29, 0.717) is 29.7 Å². The van der Waals surface area contributed by atoms with E-state index in [1.165, 1.54) is 11.8 Å². The third-order valence-electron chi connectivity index (χ3n) is 2.82. The number of hydrogen-bond donors (Lipinski definition) is 2. The lowest BCUT2D eigenvalue weighted by molar-refractivity contribution is 0.0398. The van der Waals surface area contributed by atoms with Crippen LogP contribution in [0.3, 0.4) is 0 Å². The van der Waals surface area contributed by atoms with Crippen molar-refractivity contribution in [2.75, 3.05) is 18.1 Å². The first-order chi connectivity index (χ1) is 10.1. The SMILES string of the molecule is Nc1cc(Cl)ccc1SCC(O)COCc1ccccc1. The number of ether oxygens (including phenoxy) is 1. The lowest BCUT2D eigenvalue weighted by Crippen LogP contribution is -2.18. The van der Waals surface area contributed by atoms with E-state index in [0.717, 1.165) is 10.5 Å². The predicted octanol–water partition coefficient (Wildman–Crippen LogP) is 3.59. The van der Waals surface area contributed by atoms with Gasteiger partial charge in [-0.3, -0.25) is 0 Å². The van der Waals surface area contributed by atoms with Crippen LogP contribution in [-0.2, 0) is 11.3 Å². The lowest BCUT2D eigenvalue weighted by atomic mass is 10.2. The largest absolute Gasteiger partial charge is 0.398 e. The zero-order valence-corrected chi connectivity index (χ0v) is 13.1. The minimum atomic E-state index is -0.534. The minimum Gasteiger partial charge on any atom is -0.398 e. The van der Waals surface area contributed by atoms with E-state index in [-0.39, 0.29) is 0 Å². The molecule has 0 aromatic heterocycles. The molecule has 2 aromatic rings. The zero-order valence-electron chi connectivity index (χ0n) is 11.5. The van der Waals surface area contributed by atoms with Crippen molar-refractivity contribution in [2.24, 2.45) is 0 Å². The number of aliphatic hydroxyl groups excluding tert-OH is 1. The molecule has 0 heterocycles. The monoisotopic (exact) mass is 323 g/mol. The molecule has 3 N–H and O–H groups in total. The van der Waals surface area contributed by atoms with Gasteiger partial charge in [0, 0.05) is 21.4 Å². The Morgan fingerprint density at radius 1 is 1.19 bits per heavy atom. The van der Waals surface area contributed by atoms with Crippen LogP contribution in [-0.4, -0.2) is 23.6 Å². The number of benzene rings is 2. The third kappa shape index (κ3) is 5.59. The highest BCUT2D eigenvalue weighted by Gasteiger charge is 2.08. The number of rotatable bonds is 7. The molecule has 0 aliphatic rings. The van der Waals surface area contributed by atoms with E-state index >= 15 is 0 Å². The topological polar surface area (TPSA) is 55.5 Å². The second-order valence-electron chi connectivity index (χ2n) is 4.65. The van der Waals surface area contributed by atoms with Gasteiger partial charge in [0.05, 0.1) is 19.3 Å². The van der Waals surface area contributed by atoms with Gasteiger partial charge < -0.3 is 15.6 Å². The van der Waals surface area contributed by atoms with Crippen LogP contribution in [0.15, 0.2) is 53.4 Å². The van der Waals surface area contributed by atoms with Crippen LogP contribution in [0.1, 0.15) is 5.56 Å². The molecule has 2 aromatic carbocycles. The van der Waals surface area contributed by atoms with Gasteiger partial charge in [-0.15, -0.1) is 11.8 Å². The molecule has 112 valence electrons. The molecule has 0 spiro atoms.